The second-order valence-electron chi connectivity index (χ2n) is 5.46. The predicted molar refractivity (Wildman–Crippen MR) is 95.1 cm³/mol. The van der Waals surface area contributed by atoms with Crippen LogP contribution in [-0.4, -0.2) is 25.1 Å². The Labute approximate surface area is 151 Å². The van der Waals surface area contributed by atoms with Gasteiger partial charge in [-0.2, -0.15) is 5.10 Å². The van der Waals surface area contributed by atoms with E-state index in [0.29, 0.717) is 28.0 Å². The van der Waals surface area contributed by atoms with Crippen LogP contribution >= 0.6 is 11.3 Å². The summed E-state index contributed by atoms with van der Waals surface area (Å²) in [5, 5.41) is 12.2. The molecule has 0 spiro atoms. The Balaban J connectivity index is 1.66. The molecule has 0 amide bonds. The molecule has 2 N–H and O–H groups in total. The summed E-state index contributed by atoms with van der Waals surface area (Å²) < 4.78 is 27.3. The Morgan fingerprint density at radius 3 is 2.81 bits per heavy atom. The fraction of sp³-hybridized carbons (Fsp3) is 0.0588. The minimum Gasteiger partial charge on any atom is -0.300 e. The van der Waals surface area contributed by atoms with E-state index < -0.39 is 11.6 Å². The fourth-order valence-corrected chi connectivity index (χ4v) is 3.14. The van der Waals surface area contributed by atoms with E-state index in [1.54, 1.807) is 18.5 Å². The third-order valence-corrected chi connectivity index (χ3v) is 4.38. The van der Waals surface area contributed by atoms with Gasteiger partial charge in [0.25, 0.3) is 0 Å². The molecule has 0 aliphatic rings. The number of rotatable bonds is 4. The van der Waals surface area contributed by atoms with Gasteiger partial charge in [-0.3, -0.25) is 5.10 Å². The number of nitrogens with one attached hydrogen (secondary N) is 2. The molecule has 0 aliphatic carbocycles. The number of aromatic nitrogens is 5. The van der Waals surface area contributed by atoms with E-state index in [1.807, 2.05) is 12.3 Å². The average Bonchev–Trinajstić information content (AvgIpc) is 3.24. The quantitative estimate of drug-likeness (QED) is 0.559. The minimum absolute atomic E-state index is 0.201. The van der Waals surface area contributed by atoms with Crippen LogP contribution in [0.15, 0.2) is 42.0 Å². The average molecular weight is 370 g/mol. The number of hydrogen-bond donors (Lipinski definition) is 2. The Bertz CT molecular complexity index is 1070. The maximum Gasteiger partial charge on any atom is 0.229 e. The summed E-state index contributed by atoms with van der Waals surface area (Å²) in [4.78, 5) is 12.9. The highest BCUT2D eigenvalue weighted by atomic mass is 32.1. The molecule has 26 heavy (non-hydrogen) atoms. The van der Waals surface area contributed by atoms with Gasteiger partial charge in [0.15, 0.2) is 5.13 Å². The summed E-state index contributed by atoms with van der Waals surface area (Å²) in [6.45, 7) is 1.87. The molecule has 0 saturated heterocycles. The Hall–Kier alpha value is -3.20. The van der Waals surface area contributed by atoms with Crippen molar-refractivity contribution in [3.63, 3.8) is 0 Å². The largest absolute Gasteiger partial charge is 0.300 e. The van der Waals surface area contributed by atoms with Crippen LogP contribution < -0.4 is 5.32 Å². The van der Waals surface area contributed by atoms with E-state index in [4.69, 9.17) is 0 Å². The maximum absolute atomic E-state index is 14.1. The van der Waals surface area contributed by atoms with E-state index in [1.165, 1.54) is 23.5 Å². The Morgan fingerprint density at radius 1 is 1.12 bits per heavy atom. The lowest BCUT2D eigenvalue weighted by molar-refractivity contribution is 0.585. The van der Waals surface area contributed by atoms with Crippen molar-refractivity contribution in [1.29, 1.82) is 0 Å². The topological polar surface area (TPSA) is 79.4 Å². The third-order valence-electron chi connectivity index (χ3n) is 3.62. The minimum atomic E-state index is -0.680. The fourth-order valence-electron chi connectivity index (χ4n) is 2.43. The van der Waals surface area contributed by atoms with Gasteiger partial charge in [-0.1, -0.05) is 0 Å². The lowest BCUT2D eigenvalue weighted by atomic mass is 10.1. The number of halogens is 2. The van der Waals surface area contributed by atoms with Crippen LogP contribution in [0.5, 0.6) is 0 Å². The Morgan fingerprint density at radius 2 is 2.00 bits per heavy atom. The molecule has 1 aromatic carbocycles. The van der Waals surface area contributed by atoms with E-state index in [-0.39, 0.29) is 5.56 Å². The molecule has 0 bridgehead atoms. The second kappa shape index (κ2) is 6.60. The zero-order valence-electron chi connectivity index (χ0n) is 13.5. The predicted octanol–water partition coefficient (Wildman–Crippen LogP) is 4.32. The van der Waals surface area contributed by atoms with Gasteiger partial charge < -0.3 is 5.32 Å². The molecule has 0 saturated carbocycles. The number of aryl methyl sites for hydroxylation is 1. The van der Waals surface area contributed by atoms with Crippen molar-refractivity contribution in [2.45, 2.75) is 6.92 Å². The van der Waals surface area contributed by atoms with E-state index >= 15 is 0 Å². The van der Waals surface area contributed by atoms with E-state index in [9.17, 15) is 8.78 Å². The number of H-pyrrole nitrogens is 1. The summed E-state index contributed by atoms with van der Waals surface area (Å²) >= 11 is 1.36. The first-order chi connectivity index (χ1) is 12.6. The summed E-state index contributed by atoms with van der Waals surface area (Å²) in [6.07, 6.45) is 3.28. The monoisotopic (exact) mass is 370 g/mol. The SMILES string of the molecule is Cc1ccnc(Nc2nc(-c3c[nH]nc3-c3ccc(F)cc3F)cs2)n1. The summed E-state index contributed by atoms with van der Waals surface area (Å²) in [5.74, 6) is -0.871. The van der Waals surface area contributed by atoms with Gasteiger partial charge in [0.05, 0.1) is 5.69 Å². The number of nitrogens with zero attached hydrogens (tertiary/aromatic N) is 4. The summed E-state index contributed by atoms with van der Waals surface area (Å²) in [7, 11) is 0. The van der Waals surface area contributed by atoms with Crippen LogP contribution in [0.1, 0.15) is 5.69 Å². The van der Waals surface area contributed by atoms with Gasteiger partial charge >= 0.3 is 0 Å². The number of thiazole rings is 1. The van der Waals surface area contributed by atoms with Crippen molar-refractivity contribution < 1.29 is 8.78 Å². The summed E-state index contributed by atoms with van der Waals surface area (Å²) in [5.41, 5.74) is 2.63. The number of benzene rings is 1. The van der Waals surface area contributed by atoms with Crippen LogP contribution in [0, 0.1) is 18.6 Å². The molecule has 6 nitrogen and oxygen atoms in total. The third kappa shape index (κ3) is 3.16. The highest BCUT2D eigenvalue weighted by molar-refractivity contribution is 7.14. The molecule has 3 aromatic heterocycles. The molecular weight excluding hydrogens is 358 g/mol. The van der Waals surface area contributed by atoms with Gasteiger partial charge in [-0.05, 0) is 25.1 Å². The lowest BCUT2D eigenvalue weighted by Crippen LogP contribution is -1.97. The molecule has 9 heteroatoms. The van der Waals surface area contributed by atoms with Crippen LogP contribution in [0.3, 0.4) is 0 Å². The molecule has 0 fully saturated rings. The van der Waals surface area contributed by atoms with Gasteiger partial charge in [-0.25, -0.2) is 23.7 Å². The van der Waals surface area contributed by atoms with E-state index in [0.717, 1.165) is 11.8 Å². The van der Waals surface area contributed by atoms with Crippen LogP contribution in [0.2, 0.25) is 0 Å². The molecule has 130 valence electrons. The highest BCUT2D eigenvalue weighted by Crippen LogP contribution is 2.33. The van der Waals surface area contributed by atoms with Crippen molar-refractivity contribution in [2.24, 2.45) is 0 Å². The van der Waals surface area contributed by atoms with Crippen molar-refractivity contribution in [3.8, 4) is 22.5 Å². The molecule has 0 aliphatic heterocycles. The summed E-state index contributed by atoms with van der Waals surface area (Å²) in [6, 6.07) is 5.18. The highest BCUT2D eigenvalue weighted by Gasteiger charge is 2.17. The molecule has 0 unspecified atom stereocenters. The number of anilines is 2. The first-order valence-corrected chi connectivity index (χ1v) is 8.50. The van der Waals surface area contributed by atoms with Gasteiger partial charge in [0.1, 0.15) is 17.3 Å². The van der Waals surface area contributed by atoms with Gasteiger partial charge in [0.2, 0.25) is 5.95 Å². The zero-order chi connectivity index (χ0) is 18.1. The van der Waals surface area contributed by atoms with Crippen LogP contribution in [0.4, 0.5) is 19.9 Å². The Kier molecular flexibility index (Phi) is 4.13. The van der Waals surface area contributed by atoms with Crippen molar-refractivity contribution in [3.05, 3.63) is 59.4 Å². The second-order valence-corrected chi connectivity index (χ2v) is 6.31. The molecule has 0 radical (unpaired) electrons. The number of hydrogen-bond acceptors (Lipinski definition) is 6. The van der Waals surface area contributed by atoms with Crippen molar-refractivity contribution >= 4 is 22.4 Å². The molecule has 3 heterocycles. The first kappa shape index (κ1) is 16.3. The van der Waals surface area contributed by atoms with Crippen molar-refractivity contribution in [2.75, 3.05) is 5.32 Å². The van der Waals surface area contributed by atoms with E-state index in [2.05, 4.69) is 30.5 Å². The van der Waals surface area contributed by atoms with Gasteiger partial charge in [-0.15, -0.1) is 11.3 Å². The first-order valence-electron chi connectivity index (χ1n) is 7.62. The maximum atomic E-state index is 14.1. The van der Waals surface area contributed by atoms with Gasteiger partial charge in [0, 0.05) is 40.7 Å². The van der Waals surface area contributed by atoms with Crippen LogP contribution in [0.25, 0.3) is 22.5 Å². The molecule has 0 atom stereocenters. The number of aromatic amines is 1. The normalized spacial score (nSPS) is 10.9. The standard InChI is InChI=1S/C17H12F2N6S/c1-9-4-5-20-16(22-9)24-17-23-14(8-26-17)12-7-21-25-15(12)11-3-2-10(18)6-13(11)19/h2-8H,1H3,(H,21,25)(H,20,22,23,24). The van der Waals surface area contributed by atoms with Crippen molar-refractivity contribution in [1.82, 2.24) is 25.1 Å². The lowest BCUT2D eigenvalue weighted by Gasteiger charge is -2.03. The smallest absolute Gasteiger partial charge is 0.229 e. The van der Waals surface area contributed by atoms with Crippen LogP contribution in [-0.2, 0) is 0 Å². The zero-order valence-corrected chi connectivity index (χ0v) is 14.3. The molecule has 4 aromatic rings. The molecule has 4 rings (SSSR count). The molecular formula is C17H12F2N6S.